The zero-order valence-electron chi connectivity index (χ0n) is 20.6. The molecule has 0 aromatic rings. The second kappa shape index (κ2) is 23.6. The van der Waals surface area contributed by atoms with Gasteiger partial charge in [0.1, 0.15) is 0 Å². The van der Waals surface area contributed by atoms with Gasteiger partial charge in [-0.15, -0.1) is 23.3 Å². The molecule has 0 aromatic carbocycles. The van der Waals surface area contributed by atoms with E-state index in [0.29, 0.717) is 39.6 Å². The molecule has 0 spiro atoms. The van der Waals surface area contributed by atoms with Crippen molar-refractivity contribution in [1.82, 2.24) is 12.3 Å². The van der Waals surface area contributed by atoms with Gasteiger partial charge in [-0.05, 0) is 66.9 Å². The largest absolute Gasteiger partial charge is 0.576 e. The average Bonchev–Trinajstić information content (AvgIpc) is 2.71. The zero-order valence-corrected chi connectivity index (χ0v) is 26.9. The van der Waals surface area contributed by atoms with E-state index in [4.69, 9.17) is 26.6 Å². The minimum atomic E-state index is -2.72. The highest BCUT2D eigenvalue weighted by Gasteiger charge is 2.58. The van der Waals surface area contributed by atoms with Crippen molar-refractivity contribution < 1.29 is 26.6 Å². The van der Waals surface area contributed by atoms with Gasteiger partial charge in [0.2, 0.25) is 0 Å². The highest BCUT2D eigenvalue weighted by Crippen LogP contribution is 2.77. The Morgan fingerprint density at radius 3 is 1.03 bits per heavy atom. The summed E-state index contributed by atoms with van der Waals surface area (Å²) in [5, 5.41) is 0. The van der Waals surface area contributed by atoms with Gasteiger partial charge in [-0.3, -0.25) is 0 Å². The van der Waals surface area contributed by atoms with Crippen LogP contribution in [0.2, 0.25) is 6.04 Å². The van der Waals surface area contributed by atoms with E-state index in [1.165, 1.54) is 19.7 Å². The Balaban J connectivity index is -0.000000232. The summed E-state index contributed by atoms with van der Waals surface area (Å²) in [5.41, 5.74) is 0. The van der Waals surface area contributed by atoms with Gasteiger partial charge in [-0.2, -0.15) is 0 Å². The van der Waals surface area contributed by atoms with Crippen LogP contribution in [0, 0.1) is 0 Å². The average molecular weight is 581 g/mol. The summed E-state index contributed by atoms with van der Waals surface area (Å²) in [5.74, 6) is 0.904. The Hall–Kier alpha value is 1.86. The highest BCUT2D eigenvalue weighted by atomic mass is 33.9. The first-order valence-corrected chi connectivity index (χ1v) is 21.1. The molecule has 0 saturated carbocycles. The van der Waals surface area contributed by atoms with E-state index < -0.39 is 24.3 Å². The van der Waals surface area contributed by atoms with Crippen molar-refractivity contribution >= 4 is 67.3 Å². The third-order valence-corrected chi connectivity index (χ3v) is 32.9. The molecule has 196 valence electrons. The molecule has 0 aliphatic heterocycles. The van der Waals surface area contributed by atoms with Crippen molar-refractivity contribution in [3.8, 4) is 0 Å². The van der Waals surface area contributed by atoms with Crippen LogP contribution in [0.5, 0.6) is 0 Å². The molecule has 0 unspecified atom stereocenters. The first-order chi connectivity index (χ1) is 13.9. The van der Waals surface area contributed by atoms with Gasteiger partial charge >= 0.3 is 16.8 Å². The van der Waals surface area contributed by atoms with Crippen LogP contribution in [0.25, 0.3) is 0 Å². The van der Waals surface area contributed by atoms with E-state index in [2.05, 4.69) is 30.2 Å². The van der Waals surface area contributed by atoms with Gasteiger partial charge in [0.05, 0.1) is 0 Å². The number of hydrogen-bond acceptors (Lipinski definition) is 12. The molecule has 15 heteroatoms. The summed E-state index contributed by atoms with van der Waals surface area (Å²) in [4.78, 5) is 0. The van der Waals surface area contributed by atoms with Gasteiger partial charge in [0.15, 0.2) is 0 Å². The molecule has 8 nitrogen and oxygen atoms in total. The zero-order chi connectivity index (χ0) is 22.8. The van der Waals surface area contributed by atoms with Crippen molar-refractivity contribution in [2.75, 3.05) is 45.4 Å². The number of thiol groups is 2. The third kappa shape index (κ3) is 12.9. The molecule has 0 saturated heterocycles. The fourth-order valence-corrected chi connectivity index (χ4v) is 26.5. The summed E-state index contributed by atoms with van der Waals surface area (Å²) in [6, 6.07) is 0.850. The molecule has 6 N–H and O–H groups in total. The lowest BCUT2D eigenvalue weighted by Gasteiger charge is -2.44. The number of rotatable bonds is 17. The van der Waals surface area contributed by atoms with E-state index in [0.717, 1.165) is 11.8 Å². The summed E-state index contributed by atoms with van der Waals surface area (Å²) >= 11 is 8.82. The Bertz CT molecular complexity index is 352. The SMILES string of the molecule is CCO[Si](CC)(OCC)OCC.CCO[Si](OCC)(OCC)S(CC)(SS)SS.N.N. The maximum atomic E-state index is 5.94. The lowest BCUT2D eigenvalue weighted by atomic mass is 10.9. The molecule has 0 aliphatic rings. The topological polar surface area (TPSA) is 125 Å². The summed E-state index contributed by atoms with van der Waals surface area (Å²) in [6.45, 7) is 19.7. The van der Waals surface area contributed by atoms with Crippen molar-refractivity contribution in [3.63, 3.8) is 0 Å². The van der Waals surface area contributed by atoms with Crippen LogP contribution in [0.3, 0.4) is 0 Å². The Kier molecular flexibility index (Phi) is 30.5. The van der Waals surface area contributed by atoms with E-state index in [9.17, 15) is 0 Å². The van der Waals surface area contributed by atoms with E-state index in [1.807, 2.05) is 48.5 Å². The van der Waals surface area contributed by atoms with Crippen LogP contribution in [-0.2, 0) is 26.6 Å². The van der Waals surface area contributed by atoms with Crippen LogP contribution >= 0.6 is 50.5 Å². The fourth-order valence-electron chi connectivity index (χ4n) is 2.40. The van der Waals surface area contributed by atoms with Crippen molar-refractivity contribution in [1.29, 1.82) is 0 Å². The lowest BCUT2D eigenvalue weighted by molar-refractivity contribution is 0.0725. The third-order valence-electron chi connectivity index (χ3n) is 3.49. The molecule has 0 heterocycles. The predicted octanol–water partition coefficient (Wildman–Crippen LogP) is 6.72. The van der Waals surface area contributed by atoms with Crippen molar-refractivity contribution in [2.24, 2.45) is 0 Å². The fraction of sp³-hybridized carbons (Fsp3) is 1.00. The molecular weight excluding hydrogens is 533 g/mol. The Morgan fingerprint density at radius 2 is 0.871 bits per heavy atom. The van der Waals surface area contributed by atoms with E-state index in [-0.39, 0.29) is 12.3 Å². The van der Waals surface area contributed by atoms with E-state index >= 15 is 0 Å². The van der Waals surface area contributed by atoms with Gasteiger partial charge in [-0.25, -0.2) is 0 Å². The van der Waals surface area contributed by atoms with Crippen molar-refractivity contribution in [3.05, 3.63) is 0 Å². The quantitative estimate of drug-likeness (QED) is 0.0836. The molecule has 0 aromatic heterocycles. The van der Waals surface area contributed by atoms with Crippen LogP contribution in [-0.4, -0.2) is 62.2 Å². The Labute approximate surface area is 212 Å². The molecule has 0 amide bonds. The Morgan fingerprint density at radius 1 is 0.581 bits per heavy atom. The first-order valence-electron chi connectivity index (χ1n) is 10.2. The maximum Gasteiger partial charge on any atom is 0.576 e. The van der Waals surface area contributed by atoms with Gasteiger partial charge in [-0.1, -0.05) is 21.4 Å². The van der Waals surface area contributed by atoms with Crippen LogP contribution in [0.1, 0.15) is 55.4 Å². The predicted molar refractivity (Wildman–Crippen MR) is 153 cm³/mol. The summed E-state index contributed by atoms with van der Waals surface area (Å²) in [6.07, 6.45) is 0. The van der Waals surface area contributed by atoms with Crippen LogP contribution < -0.4 is 12.3 Å². The standard InChI is InChI=1S/C8H22O3S5Si.C8H20O3Si.2H3N/c1-5-9-17(10-6-2,11-7-3)16(8-4,14-12)15-13;1-5-9-12(8-4,10-6-2)11-7-3;;/h12-13H,5-8H2,1-4H3;5-8H2,1-4H3;2*1H3. The molecule has 0 fully saturated rings. The lowest BCUT2D eigenvalue weighted by Crippen LogP contribution is -2.49. The van der Waals surface area contributed by atoms with Crippen LogP contribution in [0.4, 0.5) is 0 Å². The smallest absolute Gasteiger partial charge is 0.374 e. The minimum Gasteiger partial charge on any atom is -0.374 e. The second-order valence-electron chi connectivity index (χ2n) is 5.19. The summed E-state index contributed by atoms with van der Waals surface area (Å²) < 4.78 is 34.5. The molecule has 0 aliphatic carbocycles. The summed E-state index contributed by atoms with van der Waals surface area (Å²) in [7, 11) is -3.36. The second-order valence-corrected chi connectivity index (χ2v) is 25.1. The number of hydrogen-bond donors (Lipinski definition) is 4. The van der Waals surface area contributed by atoms with Gasteiger partial charge < -0.3 is 38.9 Å². The molecule has 0 bridgehead atoms. The molecular formula is C16H48N2O6S5Si2. The normalized spacial score (nSPS) is 12.3. The monoisotopic (exact) mass is 580 g/mol. The molecule has 0 radical (unpaired) electrons. The van der Waals surface area contributed by atoms with Gasteiger partial charge in [0.25, 0.3) is 0 Å². The molecule has 31 heavy (non-hydrogen) atoms. The maximum absolute atomic E-state index is 5.94. The van der Waals surface area contributed by atoms with E-state index in [1.54, 1.807) is 0 Å². The van der Waals surface area contributed by atoms with Gasteiger partial charge in [0, 0.05) is 45.7 Å². The van der Waals surface area contributed by atoms with Crippen LogP contribution in [0.15, 0.2) is 0 Å². The minimum absolute atomic E-state index is 0. The highest BCUT2D eigenvalue weighted by molar-refractivity contribution is 9.50. The molecule has 0 rings (SSSR count). The molecule has 0 atom stereocenters. The van der Waals surface area contributed by atoms with Crippen molar-refractivity contribution in [2.45, 2.75) is 61.4 Å². The first kappa shape index (κ1) is 40.1.